The molecule has 0 atom stereocenters. The first-order valence-electron chi connectivity index (χ1n) is 6.46. The molecule has 9 heteroatoms. The molecular formula is C12H14N4O4S. The maximum atomic E-state index is 12.6. The second kappa shape index (κ2) is 5.01. The first kappa shape index (κ1) is 13.8. The van der Waals surface area contributed by atoms with Gasteiger partial charge in [0.25, 0.3) is 0 Å². The molecule has 0 radical (unpaired) electrons. The van der Waals surface area contributed by atoms with Crippen molar-refractivity contribution in [3.63, 3.8) is 0 Å². The van der Waals surface area contributed by atoms with E-state index in [-0.39, 0.29) is 23.9 Å². The molecule has 0 saturated carbocycles. The van der Waals surface area contributed by atoms with Gasteiger partial charge < -0.3 is 15.3 Å². The number of benzene rings is 1. The predicted molar refractivity (Wildman–Crippen MR) is 75.3 cm³/mol. The molecular weight excluding hydrogens is 296 g/mol. The van der Waals surface area contributed by atoms with Gasteiger partial charge in [0.1, 0.15) is 0 Å². The fourth-order valence-electron chi connectivity index (χ4n) is 2.30. The SMILES string of the molecule is O=C1CN(S(=O)(=O)c2ccc3[nH]c(=O)[nH]c3c2)CCCN1. The summed E-state index contributed by atoms with van der Waals surface area (Å²) in [6.45, 7) is 0.557. The van der Waals surface area contributed by atoms with E-state index in [1.165, 1.54) is 18.2 Å². The van der Waals surface area contributed by atoms with Crippen LogP contribution in [-0.2, 0) is 14.8 Å². The van der Waals surface area contributed by atoms with Gasteiger partial charge in [-0.2, -0.15) is 4.31 Å². The molecule has 2 heterocycles. The number of imidazole rings is 1. The van der Waals surface area contributed by atoms with Crippen molar-refractivity contribution in [2.24, 2.45) is 0 Å². The van der Waals surface area contributed by atoms with E-state index in [2.05, 4.69) is 15.3 Å². The van der Waals surface area contributed by atoms with Crippen molar-refractivity contribution < 1.29 is 13.2 Å². The summed E-state index contributed by atoms with van der Waals surface area (Å²) < 4.78 is 26.3. The third-order valence-electron chi connectivity index (χ3n) is 3.35. The Morgan fingerprint density at radius 3 is 2.67 bits per heavy atom. The van der Waals surface area contributed by atoms with Crippen molar-refractivity contribution in [2.45, 2.75) is 11.3 Å². The standard InChI is InChI=1S/C12H14N4O4S/c17-11-7-16(5-1-4-13-11)21(19,20)8-2-3-9-10(6-8)15-12(18)14-9/h2-3,6H,1,4-5,7H2,(H,13,17)(H2,14,15,18). The fraction of sp³-hybridized carbons (Fsp3) is 0.333. The largest absolute Gasteiger partial charge is 0.355 e. The Hall–Kier alpha value is -2.13. The van der Waals surface area contributed by atoms with Crippen LogP contribution in [0, 0.1) is 0 Å². The zero-order valence-electron chi connectivity index (χ0n) is 11.0. The Morgan fingerprint density at radius 1 is 1.10 bits per heavy atom. The number of nitrogens with one attached hydrogen (secondary N) is 3. The summed E-state index contributed by atoms with van der Waals surface area (Å²) in [4.78, 5) is 27.9. The zero-order valence-corrected chi connectivity index (χ0v) is 11.9. The number of sulfonamides is 1. The maximum absolute atomic E-state index is 12.6. The van der Waals surface area contributed by atoms with Crippen molar-refractivity contribution in [1.82, 2.24) is 19.6 Å². The molecule has 1 fully saturated rings. The second-order valence-electron chi connectivity index (χ2n) is 4.83. The molecule has 0 spiro atoms. The van der Waals surface area contributed by atoms with Crippen LogP contribution in [0.4, 0.5) is 0 Å². The minimum atomic E-state index is -3.76. The van der Waals surface area contributed by atoms with Crippen LogP contribution < -0.4 is 11.0 Å². The predicted octanol–water partition coefficient (Wildman–Crippen LogP) is -0.633. The molecule has 1 aliphatic heterocycles. The second-order valence-corrected chi connectivity index (χ2v) is 6.77. The molecule has 1 saturated heterocycles. The number of fused-ring (bicyclic) bond motifs is 1. The van der Waals surface area contributed by atoms with Gasteiger partial charge in [0.15, 0.2) is 0 Å². The maximum Gasteiger partial charge on any atom is 0.323 e. The molecule has 1 aliphatic rings. The van der Waals surface area contributed by atoms with Crippen molar-refractivity contribution in [2.75, 3.05) is 19.6 Å². The van der Waals surface area contributed by atoms with Gasteiger partial charge >= 0.3 is 5.69 Å². The van der Waals surface area contributed by atoms with Gasteiger partial charge in [-0.1, -0.05) is 0 Å². The number of carbonyl (C=O) groups excluding carboxylic acids is 1. The van der Waals surface area contributed by atoms with Crippen molar-refractivity contribution in [3.05, 3.63) is 28.7 Å². The summed E-state index contributed by atoms with van der Waals surface area (Å²) in [5, 5.41) is 2.63. The molecule has 21 heavy (non-hydrogen) atoms. The van der Waals surface area contributed by atoms with Crippen LogP contribution in [0.5, 0.6) is 0 Å². The van der Waals surface area contributed by atoms with Crippen molar-refractivity contribution >= 4 is 27.0 Å². The van der Waals surface area contributed by atoms with Gasteiger partial charge in [0.05, 0.1) is 22.5 Å². The lowest BCUT2D eigenvalue weighted by Crippen LogP contribution is -2.37. The molecule has 1 aromatic heterocycles. The highest BCUT2D eigenvalue weighted by molar-refractivity contribution is 7.89. The fourth-order valence-corrected chi connectivity index (χ4v) is 3.77. The third kappa shape index (κ3) is 2.57. The molecule has 2 aromatic rings. The van der Waals surface area contributed by atoms with Gasteiger partial charge in [-0.15, -0.1) is 0 Å². The van der Waals surface area contributed by atoms with Crippen LogP contribution in [0.15, 0.2) is 27.9 Å². The number of amides is 1. The van der Waals surface area contributed by atoms with E-state index in [0.717, 1.165) is 4.31 Å². The number of aromatic amines is 2. The molecule has 1 aromatic carbocycles. The number of nitrogens with zero attached hydrogens (tertiary/aromatic N) is 1. The van der Waals surface area contributed by atoms with E-state index in [4.69, 9.17) is 0 Å². The number of hydrogen-bond acceptors (Lipinski definition) is 4. The first-order valence-corrected chi connectivity index (χ1v) is 7.90. The van der Waals surface area contributed by atoms with Crippen LogP contribution in [0.3, 0.4) is 0 Å². The minimum Gasteiger partial charge on any atom is -0.355 e. The monoisotopic (exact) mass is 310 g/mol. The highest BCUT2D eigenvalue weighted by atomic mass is 32.2. The zero-order chi connectivity index (χ0) is 15.0. The lowest BCUT2D eigenvalue weighted by atomic mass is 10.3. The quantitative estimate of drug-likeness (QED) is 0.684. The number of hydrogen-bond donors (Lipinski definition) is 3. The lowest BCUT2D eigenvalue weighted by molar-refractivity contribution is -0.120. The van der Waals surface area contributed by atoms with Crippen molar-refractivity contribution in [1.29, 1.82) is 0 Å². The summed E-state index contributed by atoms with van der Waals surface area (Å²) >= 11 is 0. The van der Waals surface area contributed by atoms with E-state index in [1.54, 1.807) is 0 Å². The van der Waals surface area contributed by atoms with E-state index < -0.39 is 15.7 Å². The molecule has 0 unspecified atom stereocenters. The van der Waals surface area contributed by atoms with E-state index in [0.29, 0.717) is 24.0 Å². The number of aromatic nitrogens is 2. The number of rotatable bonds is 2. The van der Waals surface area contributed by atoms with Crippen molar-refractivity contribution in [3.8, 4) is 0 Å². The highest BCUT2D eigenvalue weighted by Crippen LogP contribution is 2.20. The van der Waals surface area contributed by atoms with Gasteiger partial charge in [-0.05, 0) is 24.6 Å². The number of carbonyl (C=O) groups is 1. The van der Waals surface area contributed by atoms with Crippen LogP contribution in [-0.4, -0.2) is 48.2 Å². The number of H-pyrrole nitrogens is 2. The summed E-state index contributed by atoms with van der Waals surface area (Å²) in [5.74, 6) is -0.313. The topological polar surface area (TPSA) is 115 Å². The average molecular weight is 310 g/mol. The lowest BCUT2D eigenvalue weighted by Gasteiger charge is -2.18. The Labute approximate surface area is 120 Å². The molecule has 8 nitrogen and oxygen atoms in total. The third-order valence-corrected chi connectivity index (χ3v) is 5.19. The van der Waals surface area contributed by atoms with Gasteiger partial charge in [0.2, 0.25) is 15.9 Å². The Morgan fingerprint density at radius 2 is 1.86 bits per heavy atom. The smallest absolute Gasteiger partial charge is 0.323 e. The Bertz CT molecular complexity index is 852. The summed E-state index contributed by atoms with van der Waals surface area (Å²) in [7, 11) is -3.76. The summed E-state index contributed by atoms with van der Waals surface area (Å²) in [6.07, 6.45) is 0.564. The van der Waals surface area contributed by atoms with Crippen LogP contribution >= 0.6 is 0 Å². The molecule has 3 rings (SSSR count). The molecule has 0 aliphatic carbocycles. The Kier molecular flexibility index (Phi) is 3.30. The van der Waals surface area contributed by atoms with Gasteiger partial charge in [0, 0.05) is 13.1 Å². The van der Waals surface area contributed by atoms with Crippen LogP contribution in [0.25, 0.3) is 11.0 Å². The Balaban J connectivity index is 2.02. The molecule has 1 amide bonds. The average Bonchev–Trinajstić information content (AvgIpc) is 2.65. The summed E-state index contributed by atoms with van der Waals surface area (Å²) in [6, 6.07) is 4.34. The van der Waals surface area contributed by atoms with Crippen LogP contribution in [0.2, 0.25) is 0 Å². The van der Waals surface area contributed by atoms with E-state index >= 15 is 0 Å². The molecule has 112 valence electrons. The van der Waals surface area contributed by atoms with E-state index in [1.807, 2.05) is 0 Å². The molecule has 0 bridgehead atoms. The van der Waals surface area contributed by atoms with Gasteiger partial charge in [-0.25, -0.2) is 13.2 Å². The first-order chi connectivity index (χ1) is 9.96. The highest BCUT2D eigenvalue weighted by Gasteiger charge is 2.28. The van der Waals surface area contributed by atoms with E-state index in [9.17, 15) is 18.0 Å². The normalized spacial score (nSPS) is 17.6. The minimum absolute atomic E-state index is 0.0555. The van der Waals surface area contributed by atoms with Crippen LogP contribution in [0.1, 0.15) is 6.42 Å². The molecule has 3 N–H and O–H groups in total. The van der Waals surface area contributed by atoms with Gasteiger partial charge in [-0.3, -0.25) is 4.79 Å². The summed E-state index contributed by atoms with van der Waals surface area (Å²) in [5.41, 5.74) is 0.557.